The lowest BCUT2D eigenvalue weighted by Crippen LogP contribution is -2.37. The predicted molar refractivity (Wildman–Crippen MR) is 111 cm³/mol. The van der Waals surface area contributed by atoms with Crippen molar-refractivity contribution in [2.24, 2.45) is 0 Å². The molecule has 2 amide bonds. The Balaban J connectivity index is 1.65. The lowest BCUT2D eigenvalue weighted by Gasteiger charge is -2.30. The number of nitrogens with zero attached hydrogens (tertiary/aromatic N) is 5. The fraction of sp³-hybridized carbons (Fsp3) is 0.550. The smallest absolute Gasteiger partial charge is 0.266 e. The van der Waals surface area contributed by atoms with Crippen LogP contribution >= 0.6 is 11.3 Å². The molecule has 29 heavy (non-hydrogen) atoms. The summed E-state index contributed by atoms with van der Waals surface area (Å²) in [5.41, 5.74) is 2.71. The number of anilines is 1. The Morgan fingerprint density at radius 3 is 2.62 bits per heavy atom. The molecule has 1 N–H and O–H groups in total. The maximum absolute atomic E-state index is 13.1. The van der Waals surface area contributed by atoms with Crippen LogP contribution < -0.4 is 5.32 Å². The molecule has 8 nitrogen and oxygen atoms in total. The van der Waals surface area contributed by atoms with Crippen molar-refractivity contribution in [1.82, 2.24) is 24.8 Å². The van der Waals surface area contributed by atoms with E-state index in [4.69, 9.17) is 9.97 Å². The largest absolute Gasteiger partial charge is 0.373 e. The van der Waals surface area contributed by atoms with E-state index < -0.39 is 0 Å². The van der Waals surface area contributed by atoms with Gasteiger partial charge in [-0.3, -0.25) is 9.59 Å². The number of hydrogen-bond donors (Lipinski definition) is 1. The first kappa shape index (κ1) is 19.8. The molecule has 1 atom stereocenters. The van der Waals surface area contributed by atoms with Crippen LogP contribution in [0.1, 0.15) is 63.3 Å². The molecule has 0 aliphatic carbocycles. The maximum atomic E-state index is 13.1. The Morgan fingerprint density at radius 2 is 1.97 bits per heavy atom. The maximum Gasteiger partial charge on any atom is 0.266 e. The molecule has 0 unspecified atom stereocenters. The topological polar surface area (TPSA) is 91.3 Å². The highest BCUT2D eigenvalue weighted by atomic mass is 32.1. The third kappa shape index (κ3) is 3.59. The summed E-state index contributed by atoms with van der Waals surface area (Å²) in [5, 5.41) is 4.08. The molecule has 1 saturated heterocycles. The van der Waals surface area contributed by atoms with Crippen molar-refractivity contribution < 1.29 is 9.59 Å². The minimum absolute atomic E-state index is 0.0103. The van der Waals surface area contributed by atoms with Crippen LogP contribution in [0.25, 0.3) is 0 Å². The van der Waals surface area contributed by atoms with Crippen LogP contribution in [0.15, 0.2) is 0 Å². The fourth-order valence-electron chi connectivity index (χ4n) is 4.26. The molecular weight excluding hydrogens is 388 g/mol. The van der Waals surface area contributed by atoms with Gasteiger partial charge in [-0.05, 0) is 33.1 Å². The van der Waals surface area contributed by atoms with Gasteiger partial charge in [0.15, 0.2) is 5.82 Å². The minimum atomic E-state index is -0.0950. The second-order valence-electron chi connectivity index (χ2n) is 7.60. The van der Waals surface area contributed by atoms with Gasteiger partial charge in [0, 0.05) is 32.6 Å². The molecule has 2 aliphatic heterocycles. The monoisotopic (exact) mass is 414 g/mol. The average molecular weight is 415 g/mol. The number of aromatic nitrogens is 3. The highest BCUT2D eigenvalue weighted by Crippen LogP contribution is 2.33. The third-order valence-electron chi connectivity index (χ3n) is 5.66. The molecule has 2 aromatic rings. The summed E-state index contributed by atoms with van der Waals surface area (Å²) < 4.78 is 0. The molecule has 0 aromatic carbocycles. The number of carbonyl (C=O) groups is 2. The van der Waals surface area contributed by atoms with Crippen molar-refractivity contribution >= 4 is 29.0 Å². The Hall–Kier alpha value is -2.55. The second-order valence-corrected chi connectivity index (χ2v) is 8.80. The molecule has 0 radical (unpaired) electrons. The molecule has 2 aromatic heterocycles. The number of carbonyl (C=O) groups excluding carboxylic acids is 2. The van der Waals surface area contributed by atoms with E-state index in [2.05, 4.69) is 10.3 Å². The molecule has 0 bridgehead atoms. The van der Waals surface area contributed by atoms with E-state index in [0.717, 1.165) is 47.2 Å². The first-order chi connectivity index (χ1) is 13.9. The summed E-state index contributed by atoms with van der Waals surface area (Å²) in [6.45, 7) is 7.20. The van der Waals surface area contributed by atoms with E-state index >= 15 is 0 Å². The lowest BCUT2D eigenvalue weighted by molar-refractivity contribution is -0.129. The number of fused-ring (bicyclic) bond motifs is 1. The third-order valence-corrected chi connectivity index (χ3v) is 6.72. The van der Waals surface area contributed by atoms with Crippen molar-refractivity contribution in [3.63, 3.8) is 0 Å². The molecule has 4 rings (SSSR count). The van der Waals surface area contributed by atoms with Crippen LogP contribution in [0.2, 0.25) is 0 Å². The quantitative estimate of drug-likeness (QED) is 0.830. The van der Waals surface area contributed by atoms with Crippen LogP contribution in [-0.4, -0.2) is 56.7 Å². The number of hydrogen-bond acceptors (Lipinski definition) is 7. The number of aryl methyl sites for hydroxylation is 2. The van der Waals surface area contributed by atoms with Gasteiger partial charge in [-0.25, -0.2) is 15.0 Å². The van der Waals surface area contributed by atoms with Gasteiger partial charge in [0.05, 0.1) is 29.0 Å². The van der Waals surface area contributed by atoms with Gasteiger partial charge in [-0.1, -0.05) is 0 Å². The summed E-state index contributed by atoms with van der Waals surface area (Å²) in [4.78, 5) is 43.4. The summed E-state index contributed by atoms with van der Waals surface area (Å²) in [6.07, 6.45) is 2.52. The molecular formula is C20H26N6O2S. The molecule has 154 valence electrons. The van der Waals surface area contributed by atoms with Gasteiger partial charge in [0.2, 0.25) is 5.91 Å². The van der Waals surface area contributed by atoms with Crippen molar-refractivity contribution in [3.8, 4) is 0 Å². The molecule has 9 heteroatoms. The Morgan fingerprint density at radius 1 is 1.17 bits per heavy atom. The van der Waals surface area contributed by atoms with Crippen molar-refractivity contribution in [3.05, 3.63) is 32.7 Å². The van der Waals surface area contributed by atoms with Crippen LogP contribution in [0.4, 0.5) is 5.82 Å². The Labute approximate surface area is 174 Å². The average Bonchev–Trinajstić information content (AvgIpc) is 3.32. The fourth-order valence-corrected chi connectivity index (χ4v) is 5.15. The molecule has 1 fully saturated rings. The first-order valence-corrected chi connectivity index (χ1v) is 10.8. The summed E-state index contributed by atoms with van der Waals surface area (Å²) in [7, 11) is 1.85. The van der Waals surface area contributed by atoms with E-state index in [1.165, 1.54) is 11.3 Å². The lowest BCUT2D eigenvalue weighted by atomic mass is 10.0. The summed E-state index contributed by atoms with van der Waals surface area (Å²) >= 11 is 1.44. The van der Waals surface area contributed by atoms with E-state index in [0.29, 0.717) is 30.2 Å². The van der Waals surface area contributed by atoms with Gasteiger partial charge in [-0.15, -0.1) is 11.3 Å². The summed E-state index contributed by atoms with van der Waals surface area (Å²) in [5.74, 6) is 1.53. The zero-order valence-corrected chi connectivity index (χ0v) is 18.1. The summed E-state index contributed by atoms with van der Waals surface area (Å²) in [6, 6.07) is -0.0950. The first-order valence-electron chi connectivity index (χ1n) is 9.97. The zero-order valence-electron chi connectivity index (χ0n) is 17.3. The van der Waals surface area contributed by atoms with Crippen molar-refractivity contribution in [1.29, 1.82) is 0 Å². The second kappa shape index (κ2) is 7.70. The number of amides is 2. The molecule has 0 spiro atoms. The number of rotatable bonds is 3. The van der Waals surface area contributed by atoms with Crippen LogP contribution in [0.3, 0.4) is 0 Å². The highest BCUT2D eigenvalue weighted by Gasteiger charge is 2.33. The Bertz CT molecular complexity index is 972. The van der Waals surface area contributed by atoms with E-state index in [1.807, 2.05) is 30.7 Å². The van der Waals surface area contributed by atoms with E-state index in [9.17, 15) is 9.59 Å². The number of likely N-dealkylation sites (tertiary alicyclic amines) is 1. The predicted octanol–water partition coefficient (Wildman–Crippen LogP) is 2.47. The molecule has 4 heterocycles. The van der Waals surface area contributed by atoms with Gasteiger partial charge in [0.1, 0.15) is 10.7 Å². The SMILES string of the molecule is CNc1nc([C@@H]2CCCN2C(C)=O)nc2c1CCN(C(=O)c1sc(C)nc1C)C2. The van der Waals surface area contributed by atoms with Crippen molar-refractivity contribution in [2.45, 2.75) is 52.6 Å². The molecule has 0 saturated carbocycles. The van der Waals surface area contributed by atoms with Crippen LogP contribution in [0, 0.1) is 13.8 Å². The van der Waals surface area contributed by atoms with Gasteiger partial charge in [-0.2, -0.15) is 0 Å². The normalized spacial score (nSPS) is 18.7. The Kier molecular flexibility index (Phi) is 5.24. The van der Waals surface area contributed by atoms with Gasteiger partial charge < -0.3 is 15.1 Å². The number of nitrogens with one attached hydrogen (secondary N) is 1. The van der Waals surface area contributed by atoms with Crippen LogP contribution in [0.5, 0.6) is 0 Å². The minimum Gasteiger partial charge on any atom is -0.373 e. The standard InChI is InChI=1S/C20H26N6O2S/c1-11-17(29-12(2)22-11)20(28)25-9-7-14-15(10-25)23-19(24-18(14)21-4)16-6-5-8-26(16)13(3)27/h16H,5-10H2,1-4H3,(H,21,23,24)/t16-/m0/s1. The van der Waals surface area contributed by atoms with Crippen molar-refractivity contribution in [2.75, 3.05) is 25.5 Å². The van der Waals surface area contributed by atoms with Gasteiger partial charge >= 0.3 is 0 Å². The zero-order chi connectivity index (χ0) is 20.7. The number of thiazole rings is 1. The van der Waals surface area contributed by atoms with E-state index in [1.54, 1.807) is 6.92 Å². The van der Waals surface area contributed by atoms with E-state index in [-0.39, 0.29) is 17.9 Å². The van der Waals surface area contributed by atoms with Crippen LogP contribution in [-0.2, 0) is 17.8 Å². The van der Waals surface area contributed by atoms with Gasteiger partial charge in [0.25, 0.3) is 5.91 Å². The molecule has 2 aliphatic rings. The highest BCUT2D eigenvalue weighted by molar-refractivity contribution is 7.13.